The summed E-state index contributed by atoms with van der Waals surface area (Å²) < 4.78 is 9.38. The Morgan fingerprint density at radius 2 is 1.74 bits per heavy atom. The molecule has 0 atom stereocenters. The van der Waals surface area contributed by atoms with Crippen molar-refractivity contribution >= 4 is 17.9 Å². The molecule has 0 fully saturated rings. The number of esters is 1. The molecule has 0 aliphatic rings. The molecular formula is C13H14O6. The number of benzene rings is 1. The summed E-state index contributed by atoms with van der Waals surface area (Å²) in [6.07, 6.45) is -1.15. The highest BCUT2D eigenvalue weighted by atomic mass is 16.7. The summed E-state index contributed by atoms with van der Waals surface area (Å²) in [5.41, 5.74) is 0.644. The molecule has 1 rings (SSSR count). The molecule has 0 spiro atoms. The molecule has 0 aliphatic carbocycles. The lowest BCUT2D eigenvalue weighted by atomic mass is 10.2. The molecule has 0 unspecified atom stereocenters. The highest BCUT2D eigenvalue weighted by molar-refractivity contribution is 5.81. The van der Waals surface area contributed by atoms with Crippen molar-refractivity contribution in [1.29, 1.82) is 0 Å². The first kappa shape index (κ1) is 14.7. The maximum Gasteiger partial charge on any atom is 0.506 e. The predicted molar refractivity (Wildman–Crippen MR) is 64.8 cm³/mol. The summed E-state index contributed by atoms with van der Waals surface area (Å²) in [6.45, 7) is 1.35. The largest absolute Gasteiger partial charge is 0.506 e. The zero-order valence-corrected chi connectivity index (χ0v) is 10.4. The molecule has 0 amide bonds. The summed E-state index contributed by atoms with van der Waals surface area (Å²) in [5.74, 6) is -0.213. The Morgan fingerprint density at radius 1 is 1.11 bits per heavy atom. The molecule has 0 bridgehead atoms. The van der Waals surface area contributed by atoms with Crippen LogP contribution in [0, 0.1) is 0 Å². The number of carboxylic acid groups (broad SMARTS) is 1. The molecule has 1 aromatic rings. The third-order valence-electron chi connectivity index (χ3n) is 2.20. The van der Waals surface area contributed by atoms with E-state index in [1.165, 1.54) is 19.1 Å². The second-order valence-electron chi connectivity index (χ2n) is 3.87. The van der Waals surface area contributed by atoms with Gasteiger partial charge < -0.3 is 19.4 Å². The maximum atomic E-state index is 11.3. The van der Waals surface area contributed by atoms with Gasteiger partial charge in [0.25, 0.3) is 0 Å². The van der Waals surface area contributed by atoms with E-state index in [4.69, 9.17) is 9.84 Å². The minimum Gasteiger partial charge on any atom is -0.450 e. The molecule has 1 N–H and O–H groups in total. The van der Waals surface area contributed by atoms with Gasteiger partial charge in [-0.3, -0.25) is 4.79 Å². The SMILES string of the molecule is CC(=O)CCC(=O)Oc1ccc(COC(=O)O)cc1. The first-order valence-electron chi connectivity index (χ1n) is 5.62. The van der Waals surface area contributed by atoms with Crippen LogP contribution in [0.15, 0.2) is 24.3 Å². The Hall–Kier alpha value is -2.37. The van der Waals surface area contributed by atoms with Crippen LogP contribution in [0.2, 0.25) is 0 Å². The molecule has 1 aromatic carbocycles. The summed E-state index contributed by atoms with van der Waals surface area (Å²) in [4.78, 5) is 32.2. The fourth-order valence-corrected chi connectivity index (χ4v) is 1.26. The first-order chi connectivity index (χ1) is 8.97. The van der Waals surface area contributed by atoms with Crippen LogP contribution in [0.1, 0.15) is 25.3 Å². The lowest BCUT2D eigenvalue weighted by molar-refractivity contribution is -0.135. The van der Waals surface area contributed by atoms with Gasteiger partial charge in [-0.15, -0.1) is 0 Å². The Morgan fingerprint density at radius 3 is 2.26 bits per heavy atom. The van der Waals surface area contributed by atoms with E-state index in [2.05, 4.69) is 4.74 Å². The Balaban J connectivity index is 2.45. The molecule has 6 nitrogen and oxygen atoms in total. The monoisotopic (exact) mass is 266 g/mol. The third-order valence-corrected chi connectivity index (χ3v) is 2.20. The second kappa shape index (κ2) is 7.15. The van der Waals surface area contributed by atoms with E-state index in [9.17, 15) is 14.4 Å². The zero-order chi connectivity index (χ0) is 14.3. The van der Waals surface area contributed by atoms with E-state index in [1.807, 2.05) is 0 Å². The van der Waals surface area contributed by atoms with Crippen LogP contribution in [0.5, 0.6) is 5.75 Å². The van der Waals surface area contributed by atoms with Gasteiger partial charge in [0.05, 0.1) is 6.42 Å². The van der Waals surface area contributed by atoms with Gasteiger partial charge >= 0.3 is 12.1 Å². The Kier molecular flexibility index (Phi) is 5.53. The number of carbonyl (C=O) groups is 3. The maximum absolute atomic E-state index is 11.3. The van der Waals surface area contributed by atoms with E-state index in [-0.39, 0.29) is 25.2 Å². The highest BCUT2D eigenvalue weighted by Gasteiger charge is 2.07. The van der Waals surface area contributed by atoms with Crippen molar-refractivity contribution in [3.8, 4) is 5.75 Å². The van der Waals surface area contributed by atoms with Crippen LogP contribution in [0.4, 0.5) is 4.79 Å². The smallest absolute Gasteiger partial charge is 0.450 e. The van der Waals surface area contributed by atoms with Crippen molar-refractivity contribution in [3.63, 3.8) is 0 Å². The van der Waals surface area contributed by atoms with Crippen LogP contribution in [-0.4, -0.2) is 23.0 Å². The molecule has 0 saturated heterocycles. The number of carbonyl (C=O) groups excluding carboxylic acids is 2. The molecule has 0 aromatic heterocycles. The molecule has 19 heavy (non-hydrogen) atoms. The van der Waals surface area contributed by atoms with Gasteiger partial charge in [-0.25, -0.2) is 4.79 Å². The van der Waals surface area contributed by atoms with Gasteiger partial charge in [0.2, 0.25) is 0 Å². The fourth-order valence-electron chi connectivity index (χ4n) is 1.26. The van der Waals surface area contributed by atoms with E-state index in [0.717, 1.165) is 0 Å². The van der Waals surface area contributed by atoms with Crippen molar-refractivity contribution in [2.24, 2.45) is 0 Å². The number of Topliss-reactive ketones (excluding diaryl/α,β-unsaturated/α-hetero) is 1. The van der Waals surface area contributed by atoms with Crippen LogP contribution in [-0.2, 0) is 20.9 Å². The standard InChI is InChI=1S/C13H14O6/c1-9(14)2-7-12(15)19-11-5-3-10(4-6-11)8-18-13(16)17/h3-6H,2,7-8H2,1H3,(H,16,17). The third kappa shape index (κ3) is 6.21. The summed E-state index contributed by atoms with van der Waals surface area (Å²) in [5, 5.41) is 8.33. The van der Waals surface area contributed by atoms with E-state index in [0.29, 0.717) is 11.3 Å². The minimum atomic E-state index is -1.35. The lowest BCUT2D eigenvalue weighted by Crippen LogP contribution is -2.09. The minimum absolute atomic E-state index is 0.0409. The van der Waals surface area contributed by atoms with Crippen molar-refractivity contribution in [2.75, 3.05) is 0 Å². The average molecular weight is 266 g/mol. The zero-order valence-electron chi connectivity index (χ0n) is 10.4. The highest BCUT2D eigenvalue weighted by Crippen LogP contribution is 2.14. The van der Waals surface area contributed by atoms with Gasteiger partial charge in [-0.1, -0.05) is 12.1 Å². The Labute approximate surface area is 109 Å². The van der Waals surface area contributed by atoms with Crippen molar-refractivity contribution in [3.05, 3.63) is 29.8 Å². The first-order valence-corrected chi connectivity index (χ1v) is 5.62. The summed E-state index contributed by atoms with van der Waals surface area (Å²) in [6, 6.07) is 6.26. The quantitative estimate of drug-likeness (QED) is 0.626. The van der Waals surface area contributed by atoms with Crippen LogP contribution in [0.3, 0.4) is 0 Å². The molecule has 0 radical (unpaired) electrons. The normalized spacial score (nSPS) is 9.74. The van der Waals surface area contributed by atoms with Crippen LogP contribution >= 0.6 is 0 Å². The summed E-state index contributed by atoms with van der Waals surface area (Å²) >= 11 is 0. The second-order valence-corrected chi connectivity index (χ2v) is 3.87. The number of hydrogen-bond donors (Lipinski definition) is 1. The van der Waals surface area contributed by atoms with Gasteiger partial charge in [0, 0.05) is 6.42 Å². The van der Waals surface area contributed by atoms with Crippen LogP contribution in [0.25, 0.3) is 0 Å². The molecule has 102 valence electrons. The number of ketones is 1. The number of hydrogen-bond acceptors (Lipinski definition) is 5. The topological polar surface area (TPSA) is 89.9 Å². The van der Waals surface area contributed by atoms with Crippen molar-refractivity contribution < 1.29 is 29.0 Å². The van der Waals surface area contributed by atoms with Gasteiger partial charge in [0.15, 0.2) is 0 Å². The van der Waals surface area contributed by atoms with E-state index in [1.54, 1.807) is 12.1 Å². The van der Waals surface area contributed by atoms with Gasteiger partial charge in [-0.05, 0) is 24.6 Å². The molecular weight excluding hydrogens is 252 g/mol. The van der Waals surface area contributed by atoms with E-state index >= 15 is 0 Å². The molecule has 6 heteroatoms. The molecule has 0 aliphatic heterocycles. The number of ether oxygens (including phenoxy) is 2. The van der Waals surface area contributed by atoms with Crippen molar-refractivity contribution in [1.82, 2.24) is 0 Å². The predicted octanol–water partition coefficient (Wildman–Crippen LogP) is 2.16. The van der Waals surface area contributed by atoms with Crippen molar-refractivity contribution in [2.45, 2.75) is 26.4 Å². The van der Waals surface area contributed by atoms with Crippen LogP contribution < -0.4 is 4.74 Å². The lowest BCUT2D eigenvalue weighted by Gasteiger charge is -2.05. The molecule has 0 heterocycles. The van der Waals surface area contributed by atoms with E-state index < -0.39 is 12.1 Å². The Bertz CT molecular complexity index is 463. The molecule has 0 saturated carbocycles. The number of rotatable bonds is 6. The fraction of sp³-hybridized carbons (Fsp3) is 0.308. The van der Waals surface area contributed by atoms with Gasteiger partial charge in [0.1, 0.15) is 18.1 Å². The van der Waals surface area contributed by atoms with Gasteiger partial charge in [-0.2, -0.15) is 0 Å². The average Bonchev–Trinajstić information content (AvgIpc) is 2.35. The summed E-state index contributed by atoms with van der Waals surface area (Å²) in [7, 11) is 0.